The third-order valence-electron chi connectivity index (χ3n) is 3.40. The van der Waals surface area contributed by atoms with E-state index in [4.69, 9.17) is 0 Å². The number of anilines is 1. The lowest BCUT2D eigenvalue weighted by atomic mass is 10.2. The summed E-state index contributed by atoms with van der Waals surface area (Å²) in [5.41, 5.74) is 0.437. The Hall–Kier alpha value is -2.18. The van der Waals surface area contributed by atoms with E-state index in [0.29, 0.717) is 38.4 Å². The van der Waals surface area contributed by atoms with Crippen LogP contribution in [-0.4, -0.2) is 54.8 Å². The maximum Gasteiger partial charge on any atom is 0.224 e. The highest BCUT2D eigenvalue weighted by molar-refractivity contribution is 5.77. The molecule has 1 aromatic rings. The van der Waals surface area contributed by atoms with Crippen LogP contribution in [0.2, 0.25) is 0 Å². The number of halogens is 2. The lowest BCUT2D eigenvalue weighted by molar-refractivity contribution is -0.134. The van der Waals surface area contributed by atoms with Crippen molar-refractivity contribution in [1.82, 2.24) is 9.80 Å². The fraction of sp³-hybridized carbons (Fsp3) is 0.429. The van der Waals surface area contributed by atoms with Gasteiger partial charge < -0.3 is 15.1 Å². The second-order valence-corrected chi connectivity index (χ2v) is 4.83. The van der Waals surface area contributed by atoms with Gasteiger partial charge in [-0.3, -0.25) is 9.59 Å². The maximum atomic E-state index is 13.0. The Morgan fingerprint density at radius 2 is 1.90 bits per heavy atom. The van der Waals surface area contributed by atoms with Crippen LogP contribution >= 0.6 is 0 Å². The number of hydrogen-bond donors (Lipinski definition) is 1. The molecule has 7 heteroatoms. The number of benzene rings is 1. The molecular formula is C14H17F2N3O2. The molecule has 1 aromatic carbocycles. The molecular weight excluding hydrogens is 280 g/mol. The molecule has 1 aliphatic rings. The number of carbonyl (C=O) groups excluding carboxylic acids is 2. The smallest absolute Gasteiger partial charge is 0.224 e. The van der Waals surface area contributed by atoms with Crippen LogP contribution in [0.3, 0.4) is 0 Å². The van der Waals surface area contributed by atoms with E-state index in [1.165, 1.54) is 6.07 Å². The molecule has 1 saturated heterocycles. The normalized spacial score (nSPS) is 15.0. The molecule has 0 aromatic heterocycles. The van der Waals surface area contributed by atoms with Gasteiger partial charge in [0, 0.05) is 44.8 Å². The Bertz CT molecular complexity index is 517. The van der Waals surface area contributed by atoms with Crippen molar-refractivity contribution in [1.29, 1.82) is 0 Å². The predicted molar refractivity (Wildman–Crippen MR) is 73.7 cm³/mol. The van der Waals surface area contributed by atoms with Crippen molar-refractivity contribution in [3.63, 3.8) is 0 Å². The van der Waals surface area contributed by atoms with E-state index in [-0.39, 0.29) is 12.3 Å². The van der Waals surface area contributed by atoms with E-state index >= 15 is 0 Å². The van der Waals surface area contributed by atoms with Crippen LogP contribution in [0.15, 0.2) is 18.2 Å². The average Bonchev–Trinajstić information content (AvgIpc) is 2.51. The summed E-state index contributed by atoms with van der Waals surface area (Å²) in [6, 6.07) is 3.52. The van der Waals surface area contributed by atoms with Gasteiger partial charge in [-0.25, -0.2) is 8.78 Å². The first-order valence-electron chi connectivity index (χ1n) is 6.76. The Morgan fingerprint density at radius 1 is 1.19 bits per heavy atom. The van der Waals surface area contributed by atoms with E-state index in [2.05, 4.69) is 5.32 Å². The number of hydrogen-bond acceptors (Lipinski definition) is 3. The number of piperazine rings is 1. The van der Waals surface area contributed by atoms with Crippen LogP contribution < -0.4 is 5.32 Å². The molecule has 1 aliphatic heterocycles. The number of nitrogens with zero attached hydrogens (tertiary/aromatic N) is 2. The largest absolute Gasteiger partial charge is 0.384 e. The SMILES string of the molecule is O=CN1CCN(C(=O)CCNc2ccc(F)c(F)c2)CC1. The van der Waals surface area contributed by atoms with Crippen LogP contribution in [0.25, 0.3) is 0 Å². The zero-order chi connectivity index (χ0) is 15.2. The second kappa shape index (κ2) is 7.01. The van der Waals surface area contributed by atoms with Crippen molar-refractivity contribution >= 4 is 18.0 Å². The Morgan fingerprint density at radius 3 is 2.52 bits per heavy atom. The van der Waals surface area contributed by atoms with Crippen LogP contribution in [0.5, 0.6) is 0 Å². The van der Waals surface area contributed by atoms with Crippen LogP contribution in [0.4, 0.5) is 14.5 Å². The third kappa shape index (κ3) is 4.14. The molecule has 2 amide bonds. The van der Waals surface area contributed by atoms with Crippen molar-refractivity contribution in [3.8, 4) is 0 Å². The van der Waals surface area contributed by atoms with Gasteiger partial charge in [0.1, 0.15) is 0 Å². The molecule has 1 heterocycles. The van der Waals surface area contributed by atoms with Gasteiger partial charge in [0.2, 0.25) is 12.3 Å². The van der Waals surface area contributed by atoms with Gasteiger partial charge in [-0.15, -0.1) is 0 Å². The van der Waals surface area contributed by atoms with Gasteiger partial charge in [-0.05, 0) is 18.2 Å². The van der Waals surface area contributed by atoms with E-state index < -0.39 is 11.6 Å². The summed E-state index contributed by atoms with van der Waals surface area (Å²) in [7, 11) is 0. The summed E-state index contributed by atoms with van der Waals surface area (Å²) < 4.78 is 25.8. The van der Waals surface area contributed by atoms with Crippen LogP contribution in [0, 0.1) is 11.6 Å². The molecule has 5 nitrogen and oxygen atoms in total. The summed E-state index contributed by atoms with van der Waals surface area (Å²) in [4.78, 5) is 25.9. The summed E-state index contributed by atoms with van der Waals surface area (Å²) in [5, 5.41) is 2.88. The molecule has 0 bridgehead atoms. The Labute approximate surface area is 121 Å². The molecule has 0 radical (unpaired) electrons. The van der Waals surface area contributed by atoms with Crippen molar-refractivity contribution in [2.75, 3.05) is 38.0 Å². The minimum atomic E-state index is -0.920. The van der Waals surface area contributed by atoms with Crippen LogP contribution in [0.1, 0.15) is 6.42 Å². The highest BCUT2D eigenvalue weighted by atomic mass is 19.2. The zero-order valence-electron chi connectivity index (χ0n) is 11.5. The fourth-order valence-electron chi connectivity index (χ4n) is 2.15. The topological polar surface area (TPSA) is 52.7 Å². The lowest BCUT2D eigenvalue weighted by Gasteiger charge is -2.32. The fourth-order valence-corrected chi connectivity index (χ4v) is 2.15. The molecule has 0 atom stereocenters. The summed E-state index contributed by atoms with van der Waals surface area (Å²) in [6.07, 6.45) is 1.05. The number of rotatable bonds is 5. The van der Waals surface area contributed by atoms with E-state index in [1.54, 1.807) is 9.80 Å². The minimum absolute atomic E-state index is 0.0179. The molecule has 0 saturated carbocycles. The average molecular weight is 297 g/mol. The summed E-state index contributed by atoms with van der Waals surface area (Å²) >= 11 is 0. The van der Waals surface area contributed by atoms with E-state index in [9.17, 15) is 18.4 Å². The van der Waals surface area contributed by atoms with Gasteiger partial charge >= 0.3 is 0 Å². The van der Waals surface area contributed by atoms with E-state index in [0.717, 1.165) is 18.5 Å². The molecule has 0 aliphatic carbocycles. The molecule has 114 valence electrons. The van der Waals surface area contributed by atoms with Crippen molar-refractivity contribution in [2.45, 2.75) is 6.42 Å². The van der Waals surface area contributed by atoms with Gasteiger partial charge in [-0.2, -0.15) is 0 Å². The van der Waals surface area contributed by atoms with Crippen molar-refractivity contribution in [2.24, 2.45) is 0 Å². The van der Waals surface area contributed by atoms with Crippen molar-refractivity contribution in [3.05, 3.63) is 29.8 Å². The third-order valence-corrected chi connectivity index (χ3v) is 3.40. The van der Waals surface area contributed by atoms with Crippen LogP contribution in [-0.2, 0) is 9.59 Å². The van der Waals surface area contributed by atoms with Crippen molar-refractivity contribution < 1.29 is 18.4 Å². The summed E-state index contributed by atoms with van der Waals surface area (Å²) in [6.45, 7) is 2.50. The summed E-state index contributed by atoms with van der Waals surface area (Å²) in [5.74, 6) is -1.84. The van der Waals surface area contributed by atoms with Gasteiger partial charge in [0.05, 0.1) is 0 Å². The Kier molecular flexibility index (Phi) is 5.08. The number of carbonyl (C=O) groups is 2. The number of nitrogens with one attached hydrogen (secondary N) is 1. The quantitative estimate of drug-likeness (QED) is 0.827. The zero-order valence-corrected chi connectivity index (χ0v) is 11.5. The predicted octanol–water partition coefficient (Wildman–Crippen LogP) is 1.07. The highest BCUT2D eigenvalue weighted by Gasteiger charge is 2.19. The first kappa shape index (κ1) is 15.2. The molecule has 21 heavy (non-hydrogen) atoms. The monoisotopic (exact) mass is 297 g/mol. The van der Waals surface area contributed by atoms with Gasteiger partial charge in [0.15, 0.2) is 11.6 Å². The maximum absolute atomic E-state index is 13.0. The number of amides is 2. The van der Waals surface area contributed by atoms with Gasteiger partial charge in [-0.1, -0.05) is 0 Å². The molecule has 0 spiro atoms. The lowest BCUT2D eigenvalue weighted by Crippen LogP contribution is -2.48. The minimum Gasteiger partial charge on any atom is -0.384 e. The molecule has 1 N–H and O–H groups in total. The molecule has 0 unspecified atom stereocenters. The highest BCUT2D eigenvalue weighted by Crippen LogP contribution is 2.13. The van der Waals surface area contributed by atoms with E-state index in [1.807, 2.05) is 0 Å². The molecule has 1 fully saturated rings. The standard InChI is InChI=1S/C14H17F2N3O2/c15-12-2-1-11(9-13(12)16)17-4-3-14(21)19-7-5-18(10-20)6-8-19/h1-2,9-10,17H,3-8H2. The first-order valence-corrected chi connectivity index (χ1v) is 6.76. The molecule has 2 rings (SSSR count). The second-order valence-electron chi connectivity index (χ2n) is 4.83. The first-order chi connectivity index (χ1) is 10.1. The Balaban J connectivity index is 1.74. The van der Waals surface area contributed by atoms with Gasteiger partial charge in [0.25, 0.3) is 0 Å².